The van der Waals surface area contributed by atoms with Crippen LogP contribution in [0, 0.1) is 0 Å². The van der Waals surface area contributed by atoms with Crippen molar-refractivity contribution in [2.24, 2.45) is 0 Å². The number of hydrogen-bond acceptors (Lipinski definition) is 3. The maximum absolute atomic E-state index is 5.56. The Morgan fingerprint density at radius 2 is 2.45 bits per heavy atom. The number of nitrogens with zero attached hydrogens (tertiary/aromatic N) is 2. The minimum atomic E-state index is 0.300. The predicted octanol–water partition coefficient (Wildman–Crippen LogP) is 0.883. The van der Waals surface area contributed by atoms with Gasteiger partial charge in [-0.15, -0.1) is 5.10 Å². The van der Waals surface area contributed by atoms with E-state index in [1.165, 1.54) is 6.42 Å². The van der Waals surface area contributed by atoms with E-state index >= 15 is 0 Å². The normalized spacial score (nSPS) is 24.3. The Balaban J connectivity index is 2.15. The van der Waals surface area contributed by atoms with Crippen molar-refractivity contribution in [1.29, 1.82) is 0 Å². The minimum Gasteiger partial charge on any atom is -0.307 e. The van der Waals surface area contributed by atoms with E-state index in [1.54, 1.807) is 0 Å². The topological polar surface area (TPSA) is 53.6 Å². The molecule has 5 heteroatoms. The first-order valence-corrected chi connectivity index (χ1v) is 4.05. The number of halogens is 1. The summed E-state index contributed by atoms with van der Waals surface area (Å²) in [4.78, 5) is 4.03. The molecule has 0 amide bonds. The summed E-state index contributed by atoms with van der Waals surface area (Å²) in [5.74, 6) is 0.854. The molecule has 0 saturated carbocycles. The van der Waals surface area contributed by atoms with Gasteiger partial charge in [0.25, 0.3) is 0 Å². The van der Waals surface area contributed by atoms with Gasteiger partial charge in [-0.1, -0.05) is 0 Å². The molecule has 1 atom stereocenters. The Hall–Kier alpha value is -0.610. The lowest BCUT2D eigenvalue weighted by Crippen LogP contribution is -2.14. The van der Waals surface area contributed by atoms with Crippen LogP contribution in [0.25, 0.3) is 0 Å². The highest BCUT2D eigenvalue weighted by atomic mass is 35.5. The van der Waals surface area contributed by atoms with E-state index in [0.29, 0.717) is 11.3 Å². The Labute approximate surface area is 69.4 Å². The summed E-state index contributed by atoms with van der Waals surface area (Å²) in [7, 11) is 0. The second-order valence-corrected chi connectivity index (χ2v) is 2.98. The maximum atomic E-state index is 5.56. The van der Waals surface area contributed by atoms with Crippen molar-refractivity contribution in [2.45, 2.75) is 18.9 Å². The molecule has 11 heavy (non-hydrogen) atoms. The van der Waals surface area contributed by atoms with Gasteiger partial charge < -0.3 is 5.32 Å². The Kier molecular flexibility index (Phi) is 1.79. The second kappa shape index (κ2) is 2.79. The molecule has 1 aromatic rings. The van der Waals surface area contributed by atoms with Crippen molar-refractivity contribution in [3.63, 3.8) is 0 Å². The number of nitrogens with one attached hydrogen (secondary N) is 2. The third-order valence-corrected chi connectivity index (χ3v) is 2.03. The average Bonchev–Trinajstić information content (AvgIpc) is 2.55. The van der Waals surface area contributed by atoms with Gasteiger partial charge in [0.1, 0.15) is 5.82 Å². The zero-order valence-corrected chi connectivity index (χ0v) is 6.73. The Morgan fingerprint density at radius 3 is 3.00 bits per heavy atom. The standard InChI is InChI=1S/C6H9ClN4/c7-6-9-5(10-11-6)4-2-1-3-8-4/h4,8H,1-3H2,(H,9,10,11)/t4-/m0/s1. The van der Waals surface area contributed by atoms with Crippen LogP contribution < -0.4 is 5.32 Å². The fourth-order valence-corrected chi connectivity index (χ4v) is 1.46. The maximum Gasteiger partial charge on any atom is 0.242 e. The highest BCUT2D eigenvalue weighted by molar-refractivity contribution is 6.28. The first-order valence-electron chi connectivity index (χ1n) is 3.67. The smallest absolute Gasteiger partial charge is 0.242 e. The molecule has 0 aliphatic carbocycles. The third kappa shape index (κ3) is 1.36. The van der Waals surface area contributed by atoms with Crippen molar-refractivity contribution in [1.82, 2.24) is 20.5 Å². The van der Waals surface area contributed by atoms with Crippen LogP contribution in [0.1, 0.15) is 24.7 Å². The molecule has 0 radical (unpaired) electrons. The van der Waals surface area contributed by atoms with Gasteiger partial charge in [-0.2, -0.15) is 0 Å². The van der Waals surface area contributed by atoms with Crippen LogP contribution in [0.3, 0.4) is 0 Å². The molecule has 0 spiro atoms. The lowest BCUT2D eigenvalue weighted by atomic mass is 10.2. The summed E-state index contributed by atoms with van der Waals surface area (Å²) in [5.41, 5.74) is 0. The molecule has 1 aliphatic rings. The van der Waals surface area contributed by atoms with Crippen molar-refractivity contribution in [3.05, 3.63) is 11.1 Å². The highest BCUT2D eigenvalue weighted by Gasteiger charge is 2.19. The van der Waals surface area contributed by atoms with Crippen LogP contribution in [0.2, 0.25) is 5.28 Å². The molecular formula is C6H9ClN4. The monoisotopic (exact) mass is 172 g/mol. The molecule has 0 unspecified atom stereocenters. The summed E-state index contributed by atoms with van der Waals surface area (Å²) in [6, 6.07) is 0.329. The van der Waals surface area contributed by atoms with E-state index in [-0.39, 0.29) is 0 Å². The van der Waals surface area contributed by atoms with E-state index < -0.39 is 0 Å². The van der Waals surface area contributed by atoms with Gasteiger partial charge in [0, 0.05) is 0 Å². The van der Waals surface area contributed by atoms with E-state index in [4.69, 9.17) is 11.6 Å². The van der Waals surface area contributed by atoms with Crippen molar-refractivity contribution >= 4 is 11.6 Å². The predicted molar refractivity (Wildman–Crippen MR) is 41.4 cm³/mol. The molecule has 4 nitrogen and oxygen atoms in total. The van der Waals surface area contributed by atoms with Gasteiger partial charge in [-0.05, 0) is 31.0 Å². The molecule has 0 bridgehead atoms. The quantitative estimate of drug-likeness (QED) is 0.662. The van der Waals surface area contributed by atoms with Gasteiger partial charge in [-0.3, -0.25) is 5.10 Å². The van der Waals surface area contributed by atoms with E-state index in [1.807, 2.05) is 0 Å². The summed E-state index contributed by atoms with van der Waals surface area (Å²) in [6.45, 7) is 1.06. The highest BCUT2D eigenvalue weighted by Crippen LogP contribution is 2.19. The number of rotatable bonds is 1. The van der Waals surface area contributed by atoms with Gasteiger partial charge in [0.2, 0.25) is 5.28 Å². The lowest BCUT2D eigenvalue weighted by molar-refractivity contribution is 0.608. The van der Waals surface area contributed by atoms with Crippen molar-refractivity contribution in [3.8, 4) is 0 Å². The van der Waals surface area contributed by atoms with Crippen LogP contribution in [0.4, 0.5) is 0 Å². The van der Waals surface area contributed by atoms with Crippen LogP contribution in [0.5, 0.6) is 0 Å². The first-order chi connectivity index (χ1) is 5.36. The largest absolute Gasteiger partial charge is 0.307 e. The fourth-order valence-electron chi connectivity index (χ4n) is 1.33. The fraction of sp³-hybridized carbons (Fsp3) is 0.667. The average molecular weight is 173 g/mol. The number of hydrogen-bond donors (Lipinski definition) is 2. The number of aromatic nitrogens is 3. The van der Waals surface area contributed by atoms with Gasteiger partial charge in [0.05, 0.1) is 6.04 Å². The second-order valence-electron chi connectivity index (χ2n) is 2.64. The molecule has 1 saturated heterocycles. The number of aromatic amines is 1. The SMILES string of the molecule is Clc1n[nH]c([C@@H]2CCCN2)n1. The summed E-state index contributed by atoms with van der Waals surface area (Å²) in [5, 5.41) is 10.1. The third-order valence-electron chi connectivity index (χ3n) is 1.87. The zero-order valence-electron chi connectivity index (χ0n) is 5.97. The first kappa shape index (κ1) is 7.06. The van der Waals surface area contributed by atoms with Crippen LogP contribution in [-0.2, 0) is 0 Å². The summed E-state index contributed by atoms with van der Waals surface area (Å²) in [6.07, 6.45) is 2.31. The Morgan fingerprint density at radius 1 is 1.55 bits per heavy atom. The molecule has 2 heterocycles. The van der Waals surface area contributed by atoms with Gasteiger partial charge in [-0.25, -0.2) is 4.98 Å². The minimum absolute atomic E-state index is 0.300. The van der Waals surface area contributed by atoms with Crippen LogP contribution in [-0.4, -0.2) is 21.7 Å². The van der Waals surface area contributed by atoms with E-state index in [2.05, 4.69) is 20.5 Å². The molecule has 2 rings (SSSR count). The van der Waals surface area contributed by atoms with Crippen LogP contribution >= 0.6 is 11.6 Å². The number of H-pyrrole nitrogens is 1. The molecule has 2 N–H and O–H groups in total. The molecule has 1 aliphatic heterocycles. The lowest BCUT2D eigenvalue weighted by Gasteiger charge is -2.03. The van der Waals surface area contributed by atoms with E-state index in [9.17, 15) is 0 Å². The molecule has 60 valence electrons. The Bertz CT molecular complexity index is 240. The van der Waals surface area contributed by atoms with Crippen LogP contribution in [0.15, 0.2) is 0 Å². The summed E-state index contributed by atoms with van der Waals surface area (Å²) < 4.78 is 0. The van der Waals surface area contributed by atoms with Crippen molar-refractivity contribution < 1.29 is 0 Å². The molecule has 1 aromatic heterocycles. The van der Waals surface area contributed by atoms with Gasteiger partial charge >= 0.3 is 0 Å². The molecular weight excluding hydrogens is 164 g/mol. The van der Waals surface area contributed by atoms with E-state index in [0.717, 1.165) is 18.8 Å². The zero-order chi connectivity index (χ0) is 7.68. The van der Waals surface area contributed by atoms with Crippen molar-refractivity contribution in [2.75, 3.05) is 6.54 Å². The molecule has 0 aromatic carbocycles. The summed E-state index contributed by atoms with van der Waals surface area (Å²) >= 11 is 5.56. The molecule has 1 fully saturated rings. The van der Waals surface area contributed by atoms with Gasteiger partial charge in [0.15, 0.2) is 0 Å².